The molecule has 6 nitrogen and oxygen atoms in total. The van der Waals surface area contributed by atoms with Gasteiger partial charge in [0, 0.05) is 5.69 Å². The number of aromatic nitrogens is 1. The van der Waals surface area contributed by atoms with E-state index in [4.69, 9.17) is 32.7 Å². The second kappa shape index (κ2) is 7.80. The molecule has 0 spiro atoms. The molecule has 1 amide bonds. The number of carbonyl (C=O) groups is 2. The molecule has 0 fully saturated rings. The molecule has 1 aromatic carbocycles. The number of anilines is 1. The maximum Gasteiger partial charge on any atom is 0.359 e. The highest BCUT2D eigenvalue weighted by atomic mass is 35.5. The topological polar surface area (TPSA) is 77.5 Å². The second-order valence-corrected chi connectivity index (χ2v) is 5.11. The maximum absolute atomic E-state index is 11.8. The molecule has 0 aliphatic carbocycles. The lowest BCUT2D eigenvalue weighted by Crippen LogP contribution is -2.21. The standard InChI is InChI=1S/C15H12Cl2N2O4/c1-22-10-4-2-9(3-5-10)18-13(20)8-23-15(21)14-11(16)6-7-12(17)19-14/h2-7H,8H2,1H3,(H,18,20). The quantitative estimate of drug-likeness (QED) is 0.658. The van der Waals surface area contributed by atoms with Crippen LogP contribution >= 0.6 is 23.2 Å². The van der Waals surface area contributed by atoms with Crippen molar-refractivity contribution in [1.29, 1.82) is 0 Å². The number of benzene rings is 1. The molecule has 0 aliphatic heterocycles. The Morgan fingerprint density at radius 1 is 1.13 bits per heavy atom. The van der Waals surface area contributed by atoms with Gasteiger partial charge in [0.2, 0.25) is 0 Å². The molecule has 0 unspecified atom stereocenters. The lowest BCUT2D eigenvalue weighted by atomic mass is 10.3. The fourth-order valence-electron chi connectivity index (χ4n) is 1.63. The number of methoxy groups -OCH3 is 1. The Morgan fingerprint density at radius 3 is 2.48 bits per heavy atom. The third-order valence-electron chi connectivity index (χ3n) is 2.71. The molecule has 1 N–H and O–H groups in total. The van der Waals surface area contributed by atoms with Crippen molar-refractivity contribution in [2.75, 3.05) is 19.0 Å². The summed E-state index contributed by atoms with van der Waals surface area (Å²) in [4.78, 5) is 27.4. The predicted molar refractivity (Wildman–Crippen MR) is 86.2 cm³/mol. The van der Waals surface area contributed by atoms with E-state index >= 15 is 0 Å². The first kappa shape index (κ1) is 17.1. The lowest BCUT2D eigenvalue weighted by Gasteiger charge is -2.08. The van der Waals surface area contributed by atoms with Gasteiger partial charge in [-0.05, 0) is 36.4 Å². The van der Waals surface area contributed by atoms with Crippen LogP contribution in [0.3, 0.4) is 0 Å². The maximum atomic E-state index is 11.8. The Bertz CT molecular complexity index is 720. The molecule has 1 heterocycles. The molecule has 2 rings (SSSR count). The van der Waals surface area contributed by atoms with Gasteiger partial charge in [-0.2, -0.15) is 0 Å². The summed E-state index contributed by atoms with van der Waals surface area (Å²) in [7, 11) is 1.54. The highest BCUT2D eigenvalue weighted by Crippen LogP contribution is 2.18. The molecule has 120 valence electrons. The number of hydrogen-bond acceptors (Lipinski definition) is 5. The third kappa shape index (κ3) is 4.84. The molecule has 8 heteroatoms. The van der Waals surface area contributed by atoms with Crippen LogP contribution in [0.4, 0.5) is 5.69 Å². The molecular formula is C15H12Cl2N2O4. The van der Waals surface area contributed by atoms with Gasteiger partial charge in [0.15, 0.2) is 12.3 Å². The number of halogens is 2. The van der Waals surface area contributed by atoms with Gasteiger partial charge in [0.05, 0.1) is 12.1 Å². The number of hydrogen-bond donors (Lipinski definition) is 1. The van der Waals surface area contributed by atoms with Crippen LogP contribution in [0.1, 0.15) is 10.5 Å². The number of ether oxygens (including phenoxy) is 2. The minimum absolute atomic E-state index is 0.0926. The third-order valence-corrected chi connectivity index (χ3v) is 3.23. The van der Waals surface area contributed by atoms with Crippen LogP contribution in [-0.2, 0) is 9.53 Å². The van der Waals surface area contributed by atoms with Crippen LogP contribution in [0.5, 0.6) is 5.75 Å². The van der Waals surface area contributed by atoms with Crippen molar-refractivity contribution in [2.45, 2.75) is 0 Å². The Labute approximate surface area is 142 Å². The summed E-state index contributed by atoms with van der Waals surface area (Å²) in [6.45, 7) is -0.477. The molecule has 0 aliphatic rings. The molecule has 1 aromatic heterocycles. The summed E-state index contributed by atoms with van der Waals surface area (Å²) in [6.07, 6.45) is 0. The summed E-state index contributed by atoms with van der Waals surface area (Å²) >= 11 is 11.5. The normalized spacial score (nSPS) is 10.0. The van der Waals surface area contributed by atoms with Gasteiger partial charge in [0.1, 0.15) is 10.9 Å². The van der Waals surface area contributed by atoms with E-state index in [0.717, 1.165) is 0 Å². The van der Waals surface area contributed by atoms with Crippen molar-refractivity contribution in [3.05, 3.63) is 52.3 Å². The molecular weight excluding hydrogens is 343 g/mol. The predicted octanol–water partition coefficient (Wildman–Crippen LogP) is 3.19. The molecule has 2 aromatic rings. The van der Waals surface area contributed by atoms with Crippen LogP contribution < -0.4 is 10.1 Å². The minimum Gasteiger partial charge on any atom is -0.497 e. The fraction of sp³-hybridized carbons (Fsp3) is 0.133. The Balaban J connectivity index is 1.90. The zero-order valence-corrected chi connectivity index (χ0v) is 13.5. The lowest BCUT2D eigenvalue weighted by molar-refractivity contribution is -0.119. The zero-order valence-electron chi connectivity index (χ0n) is 12.0. The Morgan fingerprint density at radius 2 is 1.83 bits per heavy atom. The smallest absolute Gasteiger partial charge is 0.359 e. The van der Waals surface area contributed by atoms with E-state index in [2.05, 4.69) is 10.3 Å². The largest absolute Gasteiger partial charge is 0.497 e. The first-order valence-corrected chi connectivity index (χ1v) is 7.18. The summed E-state index contributed by atoms with van der Waals surface area (Å²) in [6, 6.07) is 9.57. The summed E-state index contributed by atoms with van der Waals surface area (Å²) in [5, 5.41) is 2.77. The van der Waals surface area contributed by atoms with Gasteiger partial charge in [0.25, 0.3) is 5.91 Å². The van der Waals surface area contributed by atoms with Crippen LogP contribution in [0.25, 0.3) is 0 Å². The molecule has 23 heavy (non-hydrogen) atoms. The number of carbonyl (C=O) groups excluding carboxylic acids is 2. The summed E-state index contributed by atoms with van der Waals surface area (Å²) < 4.78 is 9.87. The number of nitrogens with one attached hydrogen (secondary N) is 1. The highest BCUT2D eigenvalue weighted by molar-refractivity contribution is 6.34. The average Bonchev–Trinajstić information content (AvgIpc) is 2.55. The van der Waals surface area contributed by atoms with Crippen LogP contribution in [0, 0.1) is 0 Å². The van der Waals surface area contributed by atoms with Gasteiger partial charge in [-0.25, -0.2) is 9.78 Å². The van der Waals surface area contributed by atoms with Crippen LogP contribution in [0.2, 0.25) is 10.2 Å². The van der Waals surface area contributed by atoms with Crippen molar-refractivity contribution in [1.82, 2.24) is 4.98 Å². The monoisotopic (exact) mass is 354 g/mol. The Kier molecular flexibility index (Phi) is 5.78. The number of pyridine rings is 1. The van der Waals surface area contributed by atoms with Crippen LogP contribution in [0.15, 0.2) is 36.4 Å². The number of nitrogens with zero attached hydrogens (tertiary/aromatic N) is 1. The number of rotatable bonds is 5. The molecule has 0 saturated carbocycles. The number of amides is 1. The molecule has 0 bridgehead atoms. The SMILES string of the molecule is COc1ccc(NC(=O)COC(=O)c2nc(Cl)ccc2Cl)cc1. The first-order chi connectivity index (χ1) is 11.0. The van der Waals surface area contributed by atoms with Crippen LogP contribution in [-0.4, -0.2) is 30.6 Å². The first-order valence-electron chi connectivity index (χ1n) is 6.42. The highest BCUT2D eigenvalue weighted by Gasteiger charge is 2.16. The second-order valence-electron chi connectivity index (χ2n) is 4.32. The van der Waals surface area contributed by atoms with E-state index in [1.165, 1.54) is 12.1 Å². The van der Waals surface area contributed by atoms with E-state index in [0.29, 0.717) is 11.4 Å². The van der Waals surface area contributed by atoms with Gasteiger partial charge in [-0.1, -0.05) is 23.2 Å². The fourth-order valence-corrected chi connectivity index (χ4v) is 1.96. The van der Waals surface area contributed by atoms with Gasteiger partial charge < -0.3 is 14.8 Å². The molecule has 0 saturated heterocycles. The van der Waals surface area contributed by atoms with Crippen molar-refractivity contribution in [2.24, 2.45) is 0 Å². The number of esters is 1. The average molecular weight is 355 g/mol. The van der Waals surface area contributed by atoms with E-state index in [1.54, 1.807) is 31.4 Å². The van der Waals surface area contributed by atoms with E-state index in [9.17, 15) is 9.59 Å². The van der Waals surface area contributed by atoms with E-state index in [-0.39, 0.29) is 15.9 Å². The van der Waals surface area contributed by atoms with Gasteiger partial charge in [-0.3, -0.25) is 4.79 Å². The van der Waals surface area contributed by atoms with Crippen molar-refractivity contribution in [3.63, 3.8) is 0 Å². The van der Waals surface area contributed by atoms with Crippen molar-refractivity contribution in [3.8, 4) is 5.75 Å². The van der Waals surface area contributed by atoms with E-state index in [1.807, 2.05) is 0 Å². The summed E-state index contributed by atoms with van der Waals surface area (Å²) in [5.41, 5.74) is 0.405. The van der Waals surface area contributed by atoms with E-state index < -0.39 is 18.5 Å². The van der Waals surface area contributed by atoms with Gasteiger partial charge >= 0.3 is 5.97 Å². The van der Waals surface area contributed by atoms with Crippen molar-refractivity contribution >= 4 is 40.8 Å². The van der Waals surface area contributed by atoms with Crippen molar-refractivity contribution < 1.29 is 19.1 Å². The molecule has 0 radical (unpaired) electrons. The minimum atomic E-state index is -0.831. The zero-order chi connectivity index (χ0) is 16.8. The summed E-state index contributed by atoms with van der Waals surface area (Å²) in [5.74, 6) is -0.667. The Hall–Kier alpha value is -2.31. The van der Waals surface area contributed by atoms with Gasteiger partial charge in [-0.15, -0.1) is 0 Å². The molecule has 0 atom stereocenters.